The monoisotopic (exact) mass is 156 g/mol. The second kappa shape index (κ2) is 3.37. The number of carboxylic acids is 1. The topological polar surface area (TPSA) is 52.9 Å². The third kappa shape index (κ3) is 2.57. The Morgan fingerprint density at radius 2 is 2.55 bits per heavy atom. The van der Waals surface area contributed by atoms with Crippen LogP contribution in [0.3, 0.4) is 0 Å². The molecule has 0 spiro atoms. The highest BCUT2D eigenvalue weighted by atomic mass is 16.4. The second-order valence-electron chi connectivity index (χ2n) is 2.68. The van der Waals surface area contributed by atoms with Crippen LogP contribution in [-0.2, 0) is 4.79 Å². The van der Waals surface area contributed by atoms with Crippen molar-refractivity contribution in [2.75, 3.05) is 13.1 Å². The minimum absolute atomic E-state index is 0.177. The van der Waals surface area contributed by atoms with Crippen molar-refractivity contribution in [1.82, 2.24) is 5.01 Å². The molecular weight excluding hydrogens is 144 g/mol. The molecule has 0 aromatic heterocycles. The Balaban J connectivity index is 2.23. The van der Waals surface area contributed by atoms with Gasteiger partial charge in [0.2, 0.25) is 0 Å². The summed E-state index contributed by atoms with van der Waals surface area (Å²) in [6.07, 6.45) is 1.15. The smallest absolute Gasteiger partial charge is 0.305 e. The minimum Gasteiger partial charge on any atom is -0.481 e. The van der Waals surface area contributed by atoms with E-state index in [2.05, 4.69) is 5.10 Å². The SMILES string of the molecule is CC1=NN(CCC(=O)O)CC1. The van der Waals surface area contributed by atoms with Crippen molar-refractivity contribution in [3.8, 4) is 0 Å². The summed E-state index contributed by atoms with van der Waals surface area (Å²) < 4.78 is 0. The Kier molecular flexibility index (Phi) is 2.46. The largest absolute Gasteiger partial charge is 0.481 e. The summed E-state index contributed by atoms with van der Waals surface area (Å²) >= 11 is 0. The predicted molar refractivity (Wildman–Crippen MR) is 41.6 cm³/mol. The fourth-order valence-electron chi connectivity index (χ4n) is 1.02. The van der Waals surface area contributed by atoms with Gasteiger partial charge in [0.15, 0.2) is 0 Å². The van der Waals surface area contributed by atoms with Crippen molar-refractivity contribution in [3.63, 3.8) is 0 Å². The van der Waals surface area contributed by atoms with E-state index < -0.39 is 5.97 Å². The van der Waals surface area contributed by atoms with Gasteiger partial charge in [0, 0.05) is 25.2 Å². The average molecular weight is 156 g/mol. The van der Waals surface area contributed by atoms with E-state index in [1.54, 1.807) is 0 Å². The Labute approximate surface area is 65.5 Å². The van der Waals surface area contributed by atoms with Crippen LogP contribution in [0, 0.1) is 0 Å². The van der Waals surface area contributed by atoms with E-state index >= 15 is 0 Å². The Bertz CT molecular complexity index is 189. The van der Waals surface area contributed by atoms with Gasteiger partial charge in [0.1, 0.15) is 0 Å². The molecule has 0 aromatic rings. The van der Waals surface area contributed by atoms with E-state index in [9.17, 15) is 4.79 Å². The first-order chi connectivity index (χ1) is 5.18. The number of hydrogen-bond acceptors (Lipinski definition) is 3. The van der Waals surface area contributed by atoms with E-state index in [4.69, 9.17) is 5.11 Å². The highest BCUT2D eigenvalue weighted by Crippen LogP contribution is 2.05. The zero-order valence-corrected chi connectivity index (χ0v) is 6.58. The molecule has 1 N–H and O–H groups in total. The van der Waals surface area contributed by atoms with Crippen molar-refractivity contribution in [2.24, 2.45) is 5.10 Å². The number of nitrogens with zero attached hydrogens (tertiary/aromatic N) is 2. The summed E-state index contributed by atoms with van der Waals surface area (Å²) in [6.45, 7) is 3.37. The van der Waals surface area contributed by atoms with E-state index in [-0.39, 0.29) is 6.42 Å². The maximum absolute atomic E-state index is 10.2. The summed E-state index contributed by atoms with van der Waals surface area (Å²) in [7, 11) is 0. The van der Waals surface area contributed by atoms with Crippen LogP contribution in [0.5, 0.6) is 0 Å². The molecule has 0 aromatic carbocycles. The summed E-state index contributed by atoms with van der Waals surface area (Å²) in [5, 5.41) is 14.3. The summed E-state index contributed by atoms with van der Waals surface area (Å²) in [5.74, 6) is -0.759. The molecule has 1 rings (SSSR count). The van der Waals surface area contributed by atoms with Crippen LogP contribution in [0.15, 0.2) is 5.10 Å². The van der Waals surface area contributed by atoms with Gasteiger partial charge in [-0.2, -0.15) is 5.10 Å². The number of hydrogen-bond donors (Lipinski definition) is 1. The Morgan fingerprint density at radius 1 is 1.82 bits per heavy atom. The molecular formula is C7H12N2O2. The van der Waals surface area contributed by atoms with E-state index in [0.717, 1.165) is 18.7 Å². The third-order valence-electron chi connectivity index (χ3n) is 1.63. The first-order valence-electron chi connectivity index (χ1n) is 3.69. The standard InChI is InChI=1S/C7H12N2O2/c1-6-2-4-9(8-6)5-3-7(10)11/h2-5H2,1H3,(H,10,11). The van der Waals surface area contributed by atoms with Crippen LogP contribution in [0.25, 0.3) is 0 Å². The molecule has 11 heavy (non-hydrogen) atoms. The van der Waals surface area contributed by atoms with Gasteiger partial charge >= 0.3 is 5.97 Å². The molecule has 0 bridgehead atoms. The van der Waals surface area contributed by atoms with E-state index in [1.807, 2.05) is 11.9 Å². The van der Waals surface area contributed by atoms with E-state index in [1.165, 1.54) is 0 Å². The van der Waals surface area contributed by atoms with Gasteiger partial charge < -0.3 is 5.11 Å². The van der Waals surface area contributed by atoms with Gasteiger partial charge in [-0.25, -0.2) is 0 Å². The fourth-order valence-corrected chi connectivity index (χ4v) is 1.02. The molecule has 4 heteroatoms. The highest BCUT2D eigenvalue weighted by molar-refractivity contribution is 5.83. The Morgan fingerprint density at radius 3 is 3.00 bits per heavy atom. The zero-order valence-electron chi connectivity index (χ0n) is 6.58. The van der Waals surface area contributed by atoms with Crippen molar-refractivity contribution in [1.29, 1.82) is 0 Å². The van der Waals surface area contributed by atoms with Crippen LogP contribution in [-0.4, -0.2) is 34.9 Å². The van der Waals surface area contributed by atoms with Crippen molar-refractivity contribution in [3.05, 3.63) is 0 Å². The van der Waals surface area contributed by atoms with Gasteiger partial charge in [-0.15, -0.1) is 0 Å². The van der Waals surface area contributed by atoms with Crippen LogP contribution < -0.4 is 0 Å². The molecule has 4 nitrogen and oxygen atoms in total. The average Bonchev–Trinajstić information content (AvgIpc) is 2.31. The van der Waals surface area contributed by atoms with Gasteiger partial charge in [-0.05, 0) is 6.92 Å². The molecule has 0 amide bonds. The van der Waals surface area contributed by atoms with Crippen molar-refractivity contribution >= 4 is 11.7 Å². The molecule has 0 radical (unpaired) electrons. The van der Waals surface area contributed by atoms with Crippen molar-refractivity contribution < 1.29 is 9.90 Å². The van der Waals surface area contributed by atoms with E-state index in [0.29, 0.717) is 6.54 Å². The molecule has 0 aliphatic carbocycles. The summed E-state index contributed by atoms with van der Waals surface area (Å²) in [5.41, 5.74) is 1.09. The number of rotatable bonds is 3. The van der Waals surface area contributed by atoms with Crippen LogP contribution >= 0.6 is 0 Å². The number of hydrazone groups is 1. The fraction of sp³-hybridized carbons (Fsp3) is 0.714. The second-order valence-corrected chi connectivity index (χ2v) is 2.68. The van der Waals surface area contributed by atoms with Crippen LogP contribution in [0.1, 0.15) is 19.8 Å². The number of aliphatic carboxylic acids is 1. The quantitative estimate of drug-likeness (QED) is 0.649. The number of carbonyl (C=O) groups is 1. The lowest BCUT2D eigenvalue weighted by Gasteiger charge is -2.10. The maximum atomic E-state index is 10.2. The molecule has 1 heterocycles. The molecule has 0 saturated heterocycles. The highest BCUT2D eigenvalue weighted by Gasteiger charge is 2.10. The van der Waals surface area contributed by atoms with Gasteiger partial charge in [0.25, 0.3) is 0 Å². The molecule has 1 aliphatic heterocycles. The lowest BCUT2D eigenvalue weighted by atomic mass is 10.3. The van der Waals surface area contributed by atoms with Gasteiger partial charge in [0.05, 0.1) is 6.42 Å². The molecule has 62 valence electrons. The third-order valence-corrected chi connectivity index (χ3v) is 1.63. The Hall–Kier alpha value is -1.06. The summed E-state index contributed by atoms with van der Waals surface area (Å²) in [4.78, 5) is 10.2. The first-order valence-corrected chi connectivity index (χ1v) is 3.69. The minimum atomic E-state index is -0.759. The number of carboxylic acid groups (broad SMARTS) is 1. The molecule has 0 saturated carbocycles. The summed E-state index contributed by atoms with van der Waals surface area (Å²) in [6, 6.07) is 0. The molecule has 0 fully saturated rings. The lowest BCUT2D eigenvalue weighted by Crippen LogP contribution is -2.18. The van der Waals surface area contributed by atoms with Crippen molar-refractivity contribution in [2.45, 2.75) is 19.8 Å². The molecule has 0 atom stereocenters. The van der Waals surface area contributed by atoms with Crippen LogP contribution in [0.4, 0.5) is 0 Å². The molecule has 0 unspecified atom stereocenters. The predicted octanol–water partition coefficient (Wildman–Crippen LogP) is 0.543. The lowest BCUT2D eigenvalue weighted by molar-refractivity contribution is -0.137. The van der Waals surface area contributed by atoms with Gasteiger partial charge in [-0.3, -0.25) is 9.80 Å². The maximum Gasteiger partial charge on any atom is 0.305 e. The zero-order chi connectivity index (χ0) is 8.27. The normalized spacial score (nSPS) is 16.8. The first kappa shape index (κ1) is 8.04. The van der Waals surface area contributed by atoms with Crippen LogP contribution in [0.2, 0.25) is 0 Å². The van der Waals surface area contributed by atoms with Gasteiger partial charge in [-0.1, -0.05) is 0 Å². The molecule has 1 aliphatic rings.